The van der Waals surface area contributed by atoms with Crippen LogP contribution in [-0.4, -0.2) is 19.0 Å². The minimum absolute atomic E-state index is 0.204. The number of nitrogens with one attached hydrogen (secondary N) is 2. The van der Waals surface area contributed by atoms with Crippen molar-refractivity contribution in [3.05, 3.63) is 29.8 Å². The number of hydrogen-bond acceptors (Lipinski definition) is 2. The first-order valence-corrected chi connectivity index (χ1v) is 5.45. The molecular formula is C12H16N2O. The van der Waals surface area contributed by atoms with Crippen molar-refractivity contribution in [2.75, 3.05) is 18.4 Å². The zero-order chi connectivity index (χ0) is 10.5. The Labute approximate surface area is 89.9 Å². The molecule has 0 bridgehead atoms. The molecule has 0 aliphatic carbocycles. The fourth-order valence-electron chi connectivity index (χ4n) is 1.81. The van der Waals surface area contributed by atoms with E-state index in [0.717, 1.165) is 25.9 Å². The zero-order valence-electron chi connectivity index (χ0n) is 8.75. The van der Waals surface area contributed by atoms with E-state index in [-0.39, 0.29) is 5.91 Å². The zero-order valence-corrected chi connectivity index (χ0v) is 8.75. The third-order valence-corrected chi connectivity index (χ3v) is 2.63. The Morgan fingerprint density at radius 1 is 1.00 bits per heavy atom. The summed E-state index contributed by atoms with van der Waals surface area (Å²) in [5.41, 5.74) is 2.77. The number of rotatable bonds is 0. The van der Waals surface area contributed by atoms with E-state index in [2.05, 4.69) is 34.9 Å². The van der Waals surface area contributed by atoms with Crippen LogP contribution in [0.3, 0.4) is 0 Å². The standard InChI is InChI=1S/C8H9N.C4H7NO/c1-2-4-8-7(3-1)5-6-9-8;6-4-2-1-3-5-4/h1-4,9H,5-6H2;1-3H2,(H,5,6). The van der Waals surface area contributed by atoms with Crippen LogP contribution in [0.5, 0.6) is 0 Å². The summed E-state index contributed by atoms with van der Waals surface area (Å²) in [5, 5.41) is 5.98. The second kappa shape index (κ2) is 4.82. The lowest BCUT2D eigenvalue weighted by atomic mass is 10.2. The van der Waals surface area contributed by atoms with Crippen LogP contribution in [0.25, 0.3) is 0 Å². The van der Waals surface area contributed by atoms with Gasteiger partial charge >= 0.3 is 0 Å². The molecule has 1 aromatic rings. The molecule has 0 unspecified atom stereocenters. The van der Waals surface area contributed by atoms with E-state index < -0.39 is 0 Å². The molecule has 3 rings (SSSR count). The number of hydrogen-bond donors (Lipinski definition) is 2. The molecule has 3 nitrogen and oxygen atoms in total. The summed E-state index contributed by atoms with van der Waals surface area (Å²) in [6.45, 7) is 2.00. The summed E-state index contributed by atoms with van der Waals surface area (Å²) in [7, 11) is 0. The summed E-state index contributed by atoms with van der Waals surface area (Å²) in [5.74, 6) is 0.204. The molecule has 0 radical (unpaired) electrons. The maximum Gasteiger partial charge on any atom is 0.220 e. The fourth-order valence-corrected chi connectivity index (χ4v) is 1.81. The van der Waals surface area contributed by atoms with E-state index in [0.29, 0.717) is 0 Å². The number of amides is 1. The maximum absolute atomic E-state index is 10.1. The van der Waals surface area contributed by atoms with Gasteiger partial charge in [-0.05, 0) is 24.5 Å². The topological polar surface area (TPSA) is 41.1 Å². The van der Waals surface area contributed by atoms with Gasteiger partial charge < -0.3 is 10.6 Å². The van der Waals surface area contributed by atoms with Crippen LogP contribution >= 0.6 is 0 Å². The highest BCUT2D eigenvalue weighted by molar-refractivity contribution is 5.77. The number of fused-ring (bicyclic) bond motifs is 1. The molecule has 2 aliphatic heterocycles. The van der Waals surface area contributed by atoms with E-state index in [1.807, 2.05) is 0 Å². The molecule has 2 N–H and O–H groups in total. The second-order valence-electron chi connectivity index (χ2n) is 3.79. The van der Waals surface area contributed by atoms with Crippen LogP contribution in [0.1, 0.15) is 18.4 Å². The van der Waals surface area contributed by atoms with Crippen molar-refractivity contribution in [2.24, 2.45) is 0 Å². The van der Waals surface area contributed by atoms with Crippen LogP contribution in [0.2, 0.25) is 0 Å². The molecule has 1 saturated heterocycles. The molecule has 1 aromatic carbocycles. The van der Waals surface area contributed by atoms with Gasteiger partial charge in [-0.1, -0.05) is 18.2 Å². The summed E-state index contributed by atoms with van der Waals surface area (Å²) in [6.07, 6.45) is 2.95. The van der Waals surface area contributed by atoms with Crippen molar-refractivity contribution in [1.82, 2.24) is 5.32 Å². The second-order valence-corrected chi connectivity index (χ2v) is 3.79. The van der Waals surface area contributed by atoms with E-state index in [9.17, 15) is 4.79 Å². The first kappa shape index (κ1) is 10.0. The average molecular weight is 204 g/mol. The molecule has 3 heteroatoms. The van der Waals surface area contributed by atoms with Gasteiger partial charge in [-0.3, -0.25) is 4.79 Å². The molecule has 0 aromatic heterocycles. The minimum atomic E-state index is 0.204. The summed E-state index contributed by atoms with van der Waals surface area (Å²) < 4.78 is 0. The van der Waals surface area contributed by atoms with Gasteiger partial charge in [0, 0.05) is 25.2 Å². The van der Waals surface area contributed by atoms with Gasteiger partial charge in [0.15, 0.2) is 0 Å². The van der Waals surface area contributed by atoms with Crippen molar-refractivity contribution < 1.29 is 4.79 Å². The monoisotopic (exact) mass is 204 g/mol. The Morgan fingerprint density at radius 3 is 2.47 bits per heavy atom. The molecule has 2 heterocycles. The van der Waals surface area contributed by atoms with E-state index in [4.69, 9.17) is 0 Å². The van der Waals surface area contributed by atoms with Gasteiger partial charge in [-0.25, -0.2) is 0 Å². The number of carbonyl (C=O) groups excluding carboxylic acids is 1. The largest absolute Gasteiger partial charge is 0.384 e. The third-order valence-electron chi connectivity index (χ3n) is 2.63. The lowest BCUT2D eigenvalue weighted by Crippen LogP contribution is -2.12. The van der Waals surface area contributed by atoms with Gasteiger partial charge in [-0.15, -0.1) is 0 Å². The normalized spacial score (nSPS) is 17.2. The molecule has 15 heavy (non-hydrogen) atoms. The summed E-state index contributed by atoms with van der Waals surface area (Å²) in [6, 6.07) is 8.46. The van der Waals surface area contributed by atoms with Gasteiger partial charge in [-0.2, -0.15) is 0 Å². The smallest absolute Gasteiger partial charge is 0.220 e. The predicted molar refractivity (Wildman–Crippen MR) is 60.9 cm³/mol. The maximum atomic E-state index is 10.1. The van der Waals surface area contributed by atoms with Gasteiger partial charge in [0.2, 0.25) is 5.91 Å². The average Bonchev–Trinajstić information content (AvgIpc) is 2.88. The third kappa shape index (κ3) is 2.72. The van der Waals surface area contributed by atoms with Crippen molar-refractivity contribution >= 4 is 11.6 Å². The Morgan fingerprint density at radius 2 is 1.87 bits per heavy atom. The van der Waals surface area contributed by atoms with Crippen LogP contribution in [-0.2, 0) is 11.2 Å². The van der Waals surface area contributed by atoms with Crippen molar-refractivity contribution in [3.8, 4) is 0 Å². The lowest BCUT2D eigenvalue weighted by molar-refractivity contribution is -0.119. The van der Waals surface area contributed by atoms with Crippen LogP contribution < -0.4 is 10.6 Å². The number of anilines is 1. The molecule has 1 fully saturated rings. The molecule has 2 aliphatic rings. The first-order valence-electron chi connectivity index (χ1n) is 5.45. The summed E-state index contributed by atoms with van der Waals surface area (Å²) in [4.78, 5) is 10.1. The van der Waals surface area contributed by atoms with E-state index >= 15 is 0 Å². The Balaban J connectivity index is 0.000000124. The number of benzene rings is 1. The molecule has 1 amide bonds. The molecular weight excluding hydrogens is 188 g/mol. The van der Waals surface area contributed by atoms with Gasteiger partial charge in [0.05, 0.1) is 0 Å². The Kier molecular flexibility index (Phi) is 3.22. The molecule has 0 saturated carbocycles. The fraction of sp³-hybridized carbons (Fsp3) is 0.417. The van der Waals surface area contributed by atoms with E-state index in [1.54, 1.807) is 0 Å². The van der Waals surface area contributed by atoms with Crippen molar-refractivity contribution in [3.63, 3.8) is 0 Å². The lowest BCUT2D eigenvalue weighted by Gasteiger charge is -1.94. The first-order chi connectivity index (χ1) is 7.36. The SMILES string of the molecule is O=C1CCCN1.c1ccc2c(c1)CCN2. The van der Waals surface area contributed by atoms with Gasteiger partial charge in [0.1, 0.15) is 0 Å². The number of carbonyl (C=O) groups is 1. The Bertz CT molecular complexity index is 318. The molecule has 80 valence electrons. The Hall–Kier alpha value is -1.51. The minimum Gasteiger partial charge on any atom is -0.384 e. The van der Waals surface area contributed by atoms with Crippen molar-refractivity contribution in [1.29, 1.82) is 0 Å². The highest BCUT2D eigenvalue weighted by Crippen LogP contribution is 2.19. The van der Waals surface area contributed by atoms with Crippen molar-refractivity contribution in [2.45, 2.75) is 19.3 Å². The van der Waals surface area contributed by atoms with Crippen LogP contribution in [0.15, 0.2) is 24.3 Å². The molecule has 0 spiro atoms. The van der Waals surface area contributed by atoms with Crippen LogP contribution in [0, 0.1) is 0 Å². The summed E-state index contributed by atoms with van der Waals surface area (Å²) >= 11 is 0. The highest BCUT2D eigenvalue weighted by Gasteiger charge is 2.06. The predicted octanol–water partition coefficient (Wildman–Crippen LogP) is 1.55. The van der Waals surface area contributed by atoms with Crippen LogP contribution in [0.4, 0.5) is 5.69 Å². The number of para-hydroxylation sites is 1. The van der Waals surface area contributed by atoms with Gasteiger partial charge in [0.25, 0.3) is 0 Å². The highest BCUT2D eigenvalue weighted by atomic mass is 16.1. The molecule has 0 atom stereocenters. The quantitative estimate of drug-likeness (QED) is 0.673. The van der Waals surface area contributed by atoms with E-state index in [1.165, 1.54) is 17.7 Å².